The van der Waals surface area contributed by atoms with Crippen molar-refractivity contribution in [3.63, 3.8) is 0 Å². The summed E-state index contributed by atoms with van der Waals surface area (Å²) in [6, 6.07) is 11.2. The Hall–Kier alpha value is -10.3. The molecular formula is C72H85F2N13O14S2. The number of hydrogen-bond acceptors (Lipinski definition) is 15. The summed E-state index contributed by atoms with van der Waals surface area (Å²) in [5.74, 6) is -9.00. The van der Waals surface area contributed by atoms with Crippen molar-refractivity contribution in [3.8, 4) is 5.75 Å². The van der Waals surface area contributed by atoms with Crippen molar-refractivity contribution in [3.05, 3.63) is 155 Å². The van der Waals surface area contributed by atoms with Crippen LogP contribution in [0, 0.1) is 11.6 Å². The highest BCUT2D eigenvalue weighted by Gasteiger charge is 2.48. The van der Waals surface area contributed by atoms with Crippen molar-refractivity contribution < 1.29 is 76.5 Å². The van der Waals surface area contributed by atoms with Gasteiger partial charge in [0.2, 0.25) is 53.2 Å². The number of ether oxygens (including phenoxy) is 1. The maximum absolute atomic E-state index is 15.2. The second-order valence-corrected chi connectivity index (χ2v) is 28.0. The number of carbonyl (C=O) groups is 11. The van der Waals surface area contributed by atoms with Crippen molar-refractivity contribution in [1.82, 2.24) is 67.4 Å². The summed E-state index contributed by atoms with van der Waals surface area (Å²) in [6.07, 6.45) is 4.86. The molecule has 2 bridgehead atoms. The molecule has 8 atom stereocenters. The Labute approximate surface area is 600 Å². The number of hydrogen-bond donors (Lipinski definition) is 13. The third kappa shape index (κ3) is 21.6. The maximum atomic E-state index is 15.2. The molecule has 103 heavy (non-hydrogen) atoms. The van der Waals surface area contributed by atoms with Crippen molar-refractivity contribution in [2.45, 2.75) is 157 Å². The minimum atomic E-state index is -2.02. The van der Waals surface area contributed by atoms with Gasteiger partial charge in [-0.15, -0.1) is 0 Å². The highest BCUT2D eigenvalue weighted by atomic mass is 32.2. The molecule has 9 amide bonds. The summed E-state index contributed by atoms with van der Waals surface area (Å²) >= 11 is 3.07. The van der Waals surface area contributed by atoms with Crippen LogP contribution in [0.3, 0.4) is 0 Å². The van der Waals surface area contributed by atoms with Crippen LogP contribution in [-0.4, -0.2) is 180 Å². The minimum Gasteiger partial charge on any atom is -0.497 e. The van der Waals surface area contributed by atoms with Crippen LogP contribution in [0.2, 0.25) is 0 Å². The number of aliphatic carboxylic acids is 2. The number of imidazole rings is 1. The molecule has 2 aliphatic rings. The van der Waals surface area contributed by atoms with Crippen molar-refractivity contribution in [1.29, 1.82) is 0 Å². The summed E-state index contributed by atoms with van der Waals surface area (Å²) < 4.78 is 35.3. The van der Waals surface area contributed by atoms with Crippen LogP contribution in [0.4, 0.5) is 8.78 Å². The standard InChI is InChI=1S/C72H85F2N13O14S2/c1-41-64(93)82-56(29-45-35-77-53-19-15-47(73)31-51(45)53)66(95)83-57(30-46-36-78-54-20-16-48(74)32-52(46)54)67(96)85-59(34-63(91)92)69(98)84-58(33-49-37-75-40-79-49)68(97)86-60(28-42-13-17-50(101-3)18-14-42)70(99)87-24-8-22-72(87,2)71(100)76-23-26-103-39-44-10-7-9-43(27-44)38-102-25-21-61(88)81-55(65(94)80-41)11-5-4-6-12-62(89)90/h7,9-10,13-20,27,31-32,35-37,40-41,55-60,77-78H,4-6,8,11-12,21-26,28-30,33-34,38-39H2,1-3H3,(H,75,79)(H,76,100)(H,80,94)(H,81,88)(H,82,93)(H,83,95)(H,84,98)(H,85,96)(H,86,97)(H,89,90)(H,91,92)/t41-,55+,56+,57+,58+,59+,60+,72+/m1/s1. The first-order valence-corrected chi connectivity index (χ1v) is 36.2. The number of rotatable bonds is 17. The van der Waals surface area contributed by atoms with Gasteiger partial charge in [0.05, 0.1) is 19.9 Å². The van der Waals surface area contributed by atoms with Crippen LogP contribution in [-0.2, 0) is 89.9 Å². The predicted octanol–water partition coefficient (Wildman–Crippen LogP) is 4.92. The molecule has 1 saturated heterocycles. The number of unbranched alkanes of at least 4 members (excludes halogenated alkanes) is 2. The number of aromatic amines is 3. The van der Waals surface area contributed by atoms with E-state index in [1.165, 1.54) is 92.0 Å². The fourth-order valence-electron chi connectivity index (χ4n) is 12.5. The maximum Gasteiger partial charge on any atom is 0.305 e. The minimum absolute atomic E-state index is 0.00186. The van der Waals surface area contributed by atoms with E-state index in [0.717, 1.165) is 11.1 Å². The fraction of sp³-hybridized carbons (Fsp3) is 0.417. The lowest BCUT2D eigenvalue weighted by molar-refractivity contribution is -0.146. The number of nitrogens with zero attached hydrogens (tertiary/aromatic N) is 2. The molecule has 0 spiro atoms. The van der Waals surface area contributed by atoms with Gasteiger partial charge in [-0.05, 0) is 116 Å². The van der Waals surface area contributed by atoms with Gasteiger partial charge >= 0.3 is 11.9 Å². The fourth-order valence-corrected chi connectivity index (χ4v) is 14.2. The first-order valence-electron chi connectivity index (χ1n) is 33.9. The number of amides is 9. The molecule has 0 unspecified atom stereocenters. The SMILES string of the molecule is COc1ccc(C[C@@H]2NC(=O)[C@H](Cc3cnc[nH]3)NC(=O)[C@H](CC(=O)O)NC(=O)[C@H](Cc3c[nH]c4ccc(F)cc34)NC(=O)[C@H](Cc3c[nH]c4ccc(F)cc34)NC(=O)[C@@H](C)NC(=O)[C@H](CCCCCC(=O)O)NC(=O)CCSCc3cccc(c3)CSCCNC(=O)[C@]3(C)CCCN3C2=O)cc1. The lowest BCUT2D eigenvalue weighted by Crippen LogP contribution is -2.62. The average molecular weight is 1460 g/mol. The third-order valence-electron chi connectivity index (χ3n) is 18.1. The van der Waals surface area contributed by atoms with E-state index in [1.54, 1.807) is 43.0 Å². The number of fused-ring (bicyclic) bond motifs is 5. The second kappa shape index (κ2) is 36.5. The molecule has 7 aromatic rings. The van der Waals surface area contributed by atoms with Crippen LogP contribution in [0.15, 0.2) is 110 Å². The molecule has 5 heterocycles. The normalized spacial score (nSPS) is 22.5. The van der Waals surface area contributed by atoms with E-state index in [0.29, 0.717) is 87.7 Å². The van der Waals surface area contributed by atoms with Crippen LogP contribution in [0.1, 0.15) is 105 Å². The Morgan fingerprint density at radius 1 is 0.621 bits per heavy atom. The van der Waals surface area contributed by atoms with Crippen molar-refractivity contribution in [2.75, 3.05) is 31.7 Å². The lowest BCUT2D eigenvalue weighted by Gasteiger charge is -2.36. The van der Waals surface area contributed by atoms with Gasteiger partial charge in [0, 0.05) is 121 Å². The smallest absolute Gasteiger partial charge is 0.305 e. The summed E-state index contributed by atoms with van der Waals surface area (Å²) in [4.78, 5) is 171. The van der Waals surface area contributed by atoms with Gasteiger partial charge in [-0.2, -0.15) is 23.5 Å². The summed E-state index contributed by atoms with van der Waals surface area (Å²) in [7, 11) is 1.48. The Kier molecular flexibility index (Phi) is 27.3. The Bertz CT molecular complexity index is 4200. The second-order valence-electron chi connectivity index (χ2n) is 25.8. The van der Waals surface area contributed by atoms with Crippen molar-refractivity contribution in [2.24, 2.45) is 0 Å². The number of thioether (sulfide) groups is 2. The molecule has 4 aromatic carbocycles. The molecular weight excluding hydrogens is 1370 g/mol. The Morgan fingerprint density at radius 3 is 1.79 bits per heavy atom. The van der Waals surface area contributed by atoms with Crippen LogP contribution < -0.4 is 47.3 Å². The van der Waals surface area contributed by atoms with Gasteiger partial charge in [0.15, 0.2) is 0 Å². The quantitative estimate of drug-likeness (QED) is 0.0538. The highest BCUT2D eigenvalue weighted by Crippen LogP contribution is 2.32. The largest absolute Gasteiger partial charge is 0.497 e. The summed E-state index contributed by atoms with van der Waals surface area (Å²) in [5, 5.41) is 41.8. The first kappa shape index (κ1) is 76.9. The van der Waals surface area contributed by atoms with Gasteiger partial charge in [0.1, 0.15) is 65.2 Å². The van der Waals surface area contributed by atoms with Gasteiger partial charge < -0.3 is 77.3 Å². The first-order chi connectivity index (χ1) is 49.4. The zero-order chi connectivity index (χ0) is 73.7. The number of benzene rings is 4. The Balaban J connectivity index is 1.05. The van der Waals surface area contributed by atoms with E-state index in [4.69, 9.17) is 4.74 Å². The predicted molar refractivity (Wildman–Crippen MR) is 381 cm³/mol. The van der Waals surface area contributed by atoms with Gasteiger partial charge in [-0.3, -0.25) is 52.7 Å². The van der Waals surface area contributed by atoms with Gasteiger partial charge in [-0.25, -0.2) is 13.8 Å². The van der Waals surface area contributed by atoms with E-state index in [-0.39, 0.29) is 62.6 Å². The molecule has 548 valence electrons. The highest BCUT2D eigenvalue weighted by molar-refractivity contribution is 7.98. The van der Waals surface area contributed by atoms with E-state index in [9.17, 15) is 48.2 Å². The number of nitrogens with one attached hydrogen (secondary N) is 11. The monoisotopic (exact) mass is 1460 g/mol. The molecule has 1 fully saturated rings. The molecule has 13 N–H and O–H groups in total. The molecule has 31 heteroatoms. The van der Waals surface area contributed by atoms with Crippen molar-refractivity contribution >= 4 is 110 Å². The number of halogens is 2. The topological polar surface area (TPSA) is 397 Å². The van der Waals surface area contributed by atoms with E-state index < -0.39 is 144 Å². The molecule has 3 aromatic heterocycles. The van der Waals surface area contributed by atoms with E-state index in [1.807, 2.05) is 24.3 Å². The number of carboxylic acids is 2. The van der Waals surface area contributed by atoms with E-state index in [2.05, 4.69) is 62.5 Å². The molecule has 0 saturated carbocycles. The van der Waals surface area contributed by atoms with Crippen LogP contribution in [0.5, 0.6) is 5.75 Å². The zero-order valence-electron chi connectivity index (χ0n) is 57.1. The van der Waals surface area contributed by atoms with Gasteiger partial charge in [0.25, 0.3) is 0 Å². The number of H-pyrrole nitrogens is 3. The van der Waals surface area contributed by atoms with E-state index >= 15 is 23.6 Å². The Morgan fingerprint density at radius 2 is 1.19 bits per heavy atom. The number of methoxy groups -OCH3 is 1. The molecule has 9 rings (SSSR count). The molecule has 27 nitrogen and oxygen atoms in total. The molecule has 0 aliphatic carbocycles. The summed E-state index contributed by atoms with van der Waals surface area (Å²) in [6.45, 7) is 3.38. The lowest BCUT2D eigenvalue weighted by atomic mass is 9.95. The number of aromatic nitrogens is 4. The number of carboxylic acid groups (broad SMARTS) is 2. The zero-order valence-corrected chi connectivity index (χ0v) is 58.8. The van der Waals surface area contributed by atoms with Crippen LogP contribution in [0.25, 0.3) is 21.8 Å². The van der Waals surface area contributed by atoms with Crippen LogP contribution >= 0.6 is 23.5 Å². The molecule has 2 aliphatic heterocycles. The van der Waals surface area contributed by atoms with Gasteiger partial charge in [-0.1, -0.05) is 49.2 Å². The summed E-state index contributed by atoms with van der Waals surface area (Å²) in [5.41, 5.74) is 2.92. The molecule has 0 radical (unpaired) electrons. The average Bonchev–Trinajstić information content (AvgIpc) is 1.68. The number of carbonyl (C=O) groups excluding carboxylic acids is 9. The third-order valence-corrected chi connectivity index (χ3v) is 20.2.